The van der Waals surface area contributed by atoms with E-state index >= 15 is 0 Å². The number of hydrogen-bond acceptors (Lipinski definition) is 10. The summed E-state index contributed by atoms with van der Waals surface area (Å²) in [4.78, 5) is 25.0. The van der Waals surface area contributed by atoms with Crippen molar-refractivity contribution in [1.82, 2.24) is 5.32 Å². The zero-order chi connectivity index (χ0) is 48.1. The first-order valence-electron chi connectivity index (χ1n) is 27.6. The van der Waals surface area contributed by atoms with Crippen LogP contribution in [0.15, 0.2) is 24.3 Å². The Hall–Kier alpha value is -1.86. The molecule has 0 bridgehead atoms. The summed E-state index contributed by atoms with van der Waals surface area (Å²) in [6.07, 6.45) is 42.4. The Morgan fingerprint density at radius 2 is 0.970 bits per heavy atom. The van der Waals surface area contributed by atoms with E-state index in [1.807, 2.05) is 6.08 Å². The van der Waals surface area contributed by atoms with Gasteiger partial charge in [-0.05, 0) is 64.2 Å². The molecule has 7 unspecified atom stereocenters. The number of rotatable bonds is 47. The van der Waals surface area contributed by atoms with E-state index in [0.717, 1.165) is 96.3 Å². The number of aliphatic hydroxyl groups excluding tert-OH is 5. The van der Waals surface area contributed by atoms with E-state index in [4.69, 9.17) is 14.2 Å². The largest absolute Gasteiger partial charge is 0.466 e. The Kier molecular flexibility index (Phi) is 42.9. The first kappa shape index (κ1) is 62.2. The minimum absolute atomic E-state index is 0.0470. The van der Waals surface area contributed by atoms with E-state index < -0.39 is 49.5 Å². The number of hydrogen-bond donors (Lipinski definition) is 6. The number of ether oxygens (including phenoxy) is 3. The summed E-state index contributed by atoms with van der Waals surface area (Å²) in [6, 6.07) is -0.828. The molecule has 7 atom stereocenters. The average molecular weight is 938 g/mol. The molecule has 11 nitrogen and oxygen atoms in total. The fourth-order valence-corrected chi connectivity index (χ4v) is 8.60. The van der Waals surface area contributed by atoms with E-state index in [9.17, 15) is 35.1 Å². The first-order valence-corrected chi connectivity index (χ1v) is 27.6. The minimum atomic E-state index is -1.58. The monoisotopic (exact) mass is 938 g/mol. The quantitative estimate of drug-likeness (QED) is 0.0196. The lowest BCUT2D eigenvalue weighted by molar-refractivity contribution is -0.302. The standard InChI is InChI=1S/C55H103NO10/c1-3-5-7-9-11-13-15-16-17-18-22-25-29-33-37-41-48(58)47(46-65-55-54(63)53(62)52(61)49(45-57)66-55)56-50(59)42-38-34-30-26-23-19-20-24-28-32-36-40-44-64-51(60)43-39-35-31-27-21-14-12-10-8-6-4-2/h20,24,37,41,47-49,52-55,57-58,61-63H,3-19,21-23,25-36,38-40,42-46H2,1-2H3,(H,56,59)/b24-20-,41-37+. The predicted molar refractivity (Wildman–Crippen MR) is 269 cm³/mol. The van der Waals surface area contributed by atoms with Gasteiger partial charge in [-0.15, -0.1) is 0 Å². The van der Waals surface area contributed by atoms with Crippen molar-refractivity contribution in [2.75, 3.05) is 19.8 Å². The lowest BCUT2D eigenvalue weighted by Crippen LogP contribution is -2.60. The lowest BCUT2D eigenvalue weighted by atomic mass is 9.99. The summed E-state index contributed by atoms with van der Waals surface area (Å²) >= 11 is 0. The number of esters is 1. The van der Waals surface area contributed by atoms with Gasteiger partial charge in [0, 0.05) is 12.8 Å². The Morgan fingerprint density at radius 1 is 0.545 bits per heavy atom. The number of nitrogens with one attached hydrogen (secondary N) is 1. The van der Waals surface area contributed by atoms with Crippen molar-refractivity contribution < 1.29 is 49.3 Å². The van der Waals surface area contributed by atoms with Gasteiger partial charge in [0.1, 0.15) is 24.4 Å². The molecule has 1 aliphatic heterocycles. The van der Waals surface area contributed by atoms with Crippen molar-refractivity contribution in [3.63, 3.8) is 0 Å². The smallest absolute Gasteiger partial charge is 0.305 e. The number of amides is 1. The summed E-state index contributed by atoms with van der Waals surface area (Å²) < 4.78 is 16.7. The van der Waals surface area contributed by atoms with Crippen LogP contribution in [0.5, 0.6) is 0 Å². The summed E-state index contributed by atoms with van der Waals surface area (Å²) in [5.41, 5.74) is 0. The highest BCUT2D eigenvalue weighted by Crippen LogP contribution is 2.23. The van der Waals surface area contributed by atoms with Crippen LogP contribution >= 0.6 is 0 Å². The second-order valence-corrected chi connectivity index (χ2v) is 19.3. The highest BCUT2D eigenvalue weighted by atomic mass is 16.7. The van der Waals surface area contributed by atoms with Gasteiger partial charge in [0.25, 0.3) is 0 Å². The SMILES string of the molecule is CCCCCCCCCCCCCCC/C=C/C(O)C(COC1OC(CO)C(O)C(O)C1O)NC(=O)CCCCCCC/C=C\CCCCCOC(=O)CCCCCCCCCCCCC. The van der Waals surface area contributed by atoms with E-state index in [0.29, 0.717) is 19.4 Å². The third kappa shape index (κ3) is 35.3. The predicted octanol–water partition coefficient (Wildman–Crippen LogP) is 11.8. The molecule has 0 aliphatic carbocycles. The van der Waals surface area contributed by atoms with Crippen LogP contribution < -0.4 is 5.32 Å². The molecule has 1 heterocycles. The zero-order valence-electron chi connectivity index (χ0n) is 42.4. The van der Waals surface area contributed by atoms with Crippen LogP contribution in [-0.4, -0.2) is 100 Å². The van der Waals surface area contributed by atoms with Gasteiger partial charge >= 0.3 is 5.97 Å². The molecule has 0 aromatic rings. The number of carbonyl (C=O) groups excluding carboxylic acids is 2. The van der Waals surface area contributed by atoms with Crippen molar-refractivity contribution in [3.8, 4) is 0 Å². The number of unbranched alkanes of at least 4 members (excludes halogenated alkanes) is 31. The molecule has 0 aromatic carbocycles. The van der Waals surface area contributed by atoms with Crippen LogP contribution in [0.25, 0.3) is 0 Å². The summed E-state index contributed by atoms with van der Waals surface area (Å²) in [5, 5.41) is 54.3. The molecule has 388 valence electrons. The van der Waals surface area contributed by atoms with E-state index in [1.165, 1.54) is 128 Å². The van der Waals surface area contributed by atoms with Gasteiger partial charge in [-0.25, -0.2) is 0 Å². The van der Waals surface area contributed by atoms with E-state index in [-0.39, 0.29) is 18.5 Å². The van der Waals surface area contributed by atoms with Crippen LogP contribution in [0.4, 0.5) is 0 Å². The van der Waals surface area contributed by atoms with Crippen LogP contribution in [0.2, 0.25) is 0 Å². The molecule has 0 radical (unpaired) electrons. The molecule has 6 N–H and O–H groups in total. The second-order valence-electron chi connectivity index (χ2n) is 19.3. The van der Waals surface area contributed by atoms with E-state index in [1.54, 1.807) is 6.08 Å². The molecule has 66 heavy (non-hydrogen) atoms. The fraction of sp³-hybridized carbons (Fsp3) is 0.891. The molecule has 1 fully saturated rings. The van der Waals surface area contributed by atoms with Gasteiger partial charge in [0.15, 0.2) is 6.29 Å². The summed E-state index contributed by atoms with van der Waals surface area (Å²) in [7, 11) is 0. The lowest BCUT2D eigenvalue weighted by Gasteiger charge is -2.40. The number of allylic oxidation sites excluding steroid dienone is 3. The van der Waals surface area contributed by atoms with Crippen molar-refractivity contribution in [3.05, 3.63) is 24.3 Å². The van der Waals surface area contributed by atoms with Gasteiger partial charge < -0.3 is 45.1 Å². The third-order valence-electron chi connectivity index (χ3n) is 13.1. The molecule has 1 aliphatic rings. The van der Waals surface area contributed by atoms with Gasteiger partial charge in [-0.3, -0.25) is 9.59 Å². The highest BCUT2D eigenvalue weighted by Gasteiger charge is 2.44. The number of carbonyl (C=O) groups is 2. The molecular formula is C55H103NO10. The Labute approximate surface area is 403 Å². The van der Waals surface area contributed by atoms with Crippen molar-refractivity contribution in [2.24, 2.45) is 0 Å². The first-order chi connectivity index (χ1) is 32.2. The maximum Gasteiger partial charge on any atom is 0.305 e. The van der Waals surface area contributed by atoms with Gasteiger partial charge in [0.2, 0.25) is 5.91 Å². The Bertz CT molecular complexity index is 1150. The maximum absolute atomic E-state index is 13.0. The van der Waals surface area contributed by atoms with Crippen molar-refractivity contribution >= 4 is 11.9 Å². The Balaban J connectivity index is 2.23. The molecule has 1 saturated heterocycles. The third-order valence-corrected chi connectivity index (χ3v) is 13.1. The van der Waals surface area contributed by atoms with Gasteiger partial charge in [-0.1, -0.05) is 199 Å². The second kappa shape index (κ2) is 45.6. The minimum Gasteiger partial charge on any atom is -0.466 e. The zero-order valence-corrected chi connectivity index (χ0v) is 42.4. The van der Waals surface area contributed by atoms with Crippen molar-refractivity contribution in [1.29, 1.82) is 0 Å². The van der Waals surface area contributed by atoms with Crippen LogP contribution in [0.3, 0.4) is 0 Å². The molecule has 11 heteroatoms. The molecule has 0 aromatic heterocycles. The fourth-order valence-electron chi connectivity index (χ4n) is 8.60. The Morgan fingerprint density at radius 3 is 1.45 bits per heavy atom. The molecular weight excluding hydrogens is 835 g/mol. The van der Waals surface area contributed by atoms with Crippen LogP contribution in [-0.2, 0) is 23.8 Å². The van der Waals surface area contributed by atoms with Crippen LogP contribution in [0.1, 0.15) is 251 Å². The summed E-state index contributed by atoms with van der Waals surface area (Å²) in [6.45, 7) is 4.26. The molecule has 1 amide bonds. The summed E-state index contributed by atoms with van der Waals surface area (Å²) in [5.74, 6) is -0.253. The van der Waals surface area contributed by atoms with Gasteiger partial charge in [0.05, 0.1) is 32.0 Å². The number of aliphatic hydroxyl groups is 5. The highest BCUT2D eigenvalue weighted by molar-refractivity contribution is 5.76. The topological polar surface area (TPSA) is 175 Å². The maximum atomic E-state index is 13.0. The molecule has 1 rings (SSSR count). The van der Waals surface area contributed by atoms with Crippen LogP contribution in [0, 0.1) is 0 Å². The normalized spacial score (nSPS) is 19.8. The van der Waals surface area contributed by atoms with Crippen molar-refractivity contribution in [2.45, 2.75) is 294 Å². The molecule has 0 spiro atoms. The molecule has 0 saturated carbocycles. The van der Waals surface area contributed by atoms with E-state index in [2.05, 4.69) is 31.3 Å². The average Bonchev–Trinajstić information content (AvgIpc) is 3.31. The van der Waals surface area contributed by atoms with Gasteiger partial charge in [-0.2, -0.15) is 0 Å².